The van der Waals surface area contributed by atoms with Gasteiger partial charge >= 0.3 is 5.97 Å². The van der Waals surface area contributed by atoms with Gasteiger partial charge in [-0.25, -0.2) is 9.68 Å². The Labute approximate surface area is 158 Å². The first-order valence-corrected chi connectivity index (χ1v) is 9.07. The van der Waals surface area contributed by atoms with Gasteiger partial charge in [0.15, 0.2) is 0 Å². The van der Waals surface area contributed by atoms with Crippen LogP contribution in [-0.2, 0) is 19.2 Å². The van der Waals surface area contributed by atoms with E-state index < -0.39 is 34.7 Å². The van der Waals surface area contributed by atoms with Crippen molar-refractivity contribution < 1.29 is 34.7 Å². The molecule has 0 bridgehead atoms. The lowest BCUT2D eigenvalue weighted by atomic mass is 9.86. The molecule has 4 atom stereocenters. The van der Waals surface area contributed by atoms with E-state index in [9.17, 15) is 25.1 Å². The van der Waals surface area contributed by atoms with Crippen molar-refractivity contribution in [3.05, 3.63) is 35.5 Å². The number of esters is 1. The van der Waals surface area contributed by atoms with E-state index in [1.807, 2.05) is 0 Å². The maximum absolute atomic E-state index is 12.8. The first kappa shape index (κ1) is 21.5. The molecule has 0 spiro atoms. The lowest BCUT2D eigenvalue weighted by molar-refractivity contribution is -0.304. The number of aliphatic hydroxyl groups is 2. The molecule has 27 heavy (non-hydrogen) atoms. The molecule has 1 aliphatic heterocycles. The highest BCUT2D eigenvalue weighted by Crippen LogP contribution is 2.36. The SMILES string of the molecule is CC1=C2C=CC(C)(O)CC=CC(C)(OO)CCCC(C)C(=O)C2(O)OC1=O. The third kappa shape index (κ3) is 4.55. The smallest absolute Gasteiger partial charge is 0.337 e. The fraction of sp³-hybridized carbons (Fsp3) is 0.600. The molecular weight excluding hydrogens is 352 g/mol. The molecule has 0 aromatic carbocycles. The van der Waals surface area contributed by atoms with Crippen molar-refractivity contribution in [3.63, 3.8) is 0 Å². The minimum atomic E-state index is -2.36. The molecule has 4 unspecified atom stereocenters. The van der Waals surface area contributed by atoms with Crippen LogP contribution in [0.15, 0.2) is 35.5 Å². The molecule has 2 rings (SSSR count). The van der Waals surface area contributed by atoms with Crippen molar-refractivity contribution in [3.8, 4) is 0 Å². The number of hydrogen-bond acceptors (Lipinski definition) is 7. The Hall–Kier alpha value is -1.80. The normalized spacial score (nSPS) is 38.6. The van der Waals surface area contributed by atoms with E-state index in [-0.39, 0.29) is 17.6 Å². The number of ether oxygens (including phenoxy) is 1. The largest absolute Gasteiger partial charge is 0.417 e. The predicted molar refractivity (Wildman–Crippen MR) is 97.4 cm³/mol. The highest BCUT2D eigenvalue weighted by atomic mass is 17.1. The van der Waals surface area contributed by atoms with E-state index in [4.69, 9.17) is 4.74 Å². The fourth-order valence-corrected chi connectivity index (χ4v) is 3.31. The van der Waals surface area contributed by atoms with Crippen molar-refractivity contribution in [1.82, 2.24) is 0 Å². The number of rotatable bonds is 1. The molecule has 1 heterocycles. The summed E-state index contributed by atoms with van der Waals surface area (Å²) in [6.45, 7) is 6.37. The first-order chi connectivity index (χ1) is 12.4. The van der Waals surface area contributed by atoms with Gasteiger partial charge in [0.05, 0.1) is 5.60 Å². The van der Waals surface area contributed by atoms with Crippen LogP contribution in [0.4, 0.5) is 0 Å². The van der Waals surface area contributed by atoms with Crippen molar-refractivity contribution in [2.45, 2.75) is 70.4 Å². The summed E-state index contributed by atoms with van der Waals surface area (Å²) in [5, 5.41) is 30.6. The van der Waals surface area contributed by atoms with Gasteiger partial charge in [0.25, 0.3) is 5.79 Å². The second kappa shape index (κ2) is 7.67. The maximum atomic E-state index is 12.8. The number of carbonyl (C=O) groups is 2. The molecule has 0 aromatic rings. The van der Waals surface area contributed by atoms with E-state index in [1.54, 1.807) is 32.9 Å². The van der Waals surface area contributed by atoms with Crippen molar-refractivity contribution >= 4 is 11.8 Å². The van der Waals surface area contributed by atoms with Crippen LogP contribution in [0.25, 0.3) is 0 Å². The summed E-state index contributed by atoms with van der Waals surface area (Å²) < 4.78 is 5.02. The van der Waals surface area contributed by atoms with Crippen LogP contribution in [0.5, 0.6) is 0 Å². The predicted octanol–water partition coefficient (Wildman–Crippen LogP) is 2.44. The summed E-state index contributed by atoms with van der Waals surface area (Å²) in [4.78, 5) is 29.4. The topological polar surface area (TPSA) is 113 Å². The molecule has 3 N–H and O–H groups in total. The van der Waals surface area contributed by atoms with E-state index in [2.05, 4.69) is 4.89 Å². The van der Waals surface area contributed by atoms with Gasteiger partial charge in [0.2, 0.25) is 5.78 Å². The van der Waals surface area contributed by atoms with Crippen molar-refractivity contribution in [1.29, 1.82) is 0 Å². The molecule has 7 nitrogen and oxygen atoms in total. The molecule has 0 radical (unpaired) electrons. The van der Waals surface area contributed by atoms with Gasteiger partial charge in [-0.15, -0.1) is 0 Å². The van der Waals surface area contributed by atoms with Gasteiger partial charge in [0.1, 0.15) is 5.60 Å². The minimum absolute atomic E-state index is 0.0502. The van der Waals surface area contributed by atoms with Gasteiger partial charge < -0.3 is 14.9 Å². The standard InChI is InChI=1S/C20H28O7/c1-13-7-5-10-19(4,27-25)11-6-9-18(3,23)12-8-15-14(2)17(22)26-20(15,24)16(13)21/h6,8,11-13,23-25H,5,7,9-10H2,1-4H3. The first-order valence-electron chi connectivity index (χ1n) is 9.07. The zero-order valence-corrected chi connectivity index (χ0v) is 16.2. The summed E-state index contributed by atoms with van der Waals surface area (Å²) in [6.07, 6.45) is 7.72. The van der Waals surface area contributed by atoms with Crippen LogP contribution >= 0.6 is 0 Å². The quantitative estimate of drug-likeness (QED) is 0.277. The molecule has 0 amide bonds. The average Bonchev–Trinajstić information content (AvgIpc) is 2.81. The van der Waals surface area contributed by atoms with E-state index in [1.165, 1.54) is 19.1 Å². The van der Waals surface area contributed by atoms with Crippen LogP contribution in [0.2, 0.25) is 0 Å². The molecule has 0 fully saturated rings. The molecule has 2 aliphatic rings. The van der Waals surface area contributed by atoms with Crippen LogP contribution < -0.4 is 0 Å². The number of Topliss-reactive ketones (excluding diaryl/α,β-unsaturated/α-hetero) is 1. The summed E-state index contributed by atoms with van der Waals surface area (Å²) in [5.41, 5.74) is -2.08. The Morgan fingerprint density at radius 2 is 1.89 bits per heavy atom. The van der Waals surface area contributed by atoms with Gasteiger partial charge in [-0.2, -0.15) is 0 Å². The highest BCUT2D eigenvalue weighted by Gasteiger charge is 2.51. The third-order valence-corrected chi connectivity index (χ3v) is 5.23. The molecule has 150 valence electrons. The molecular formula is C20H28O7. The average molecular weight is 380 g/mol. The lowest BCUT2D eigenvalue weighted by Crippen LogP contribution is -2.44. The van der Waals surface area contributed by atoms with Gasteiger partial charge in [-0.1, -0.05) is 31.2 Å². The summed E-state index contributed by atoms with van der Waals surface area (Å²) in [7, 11) is 0. The highest BCUT2D eigenvalue weighted by molar-refractivity contribution is 6.02. The Kier molecular flexibility index (Phi) is 6.11. The molecule has 1 aliphatic carbocycles. The Balaban J connectivity index is 2.46. The molecule has 0 saturated heterocycles. The van der Waals surface area contributed by atoms with Gasteiger partial charge in [-0.05, 0) is 46.5 Å². The maximum Gasteiger partial charge on any atom is 0.337 e. The second-order valence-electron chi connectivity index (χ2n) is 7.93. The van der Waals surface area contributed by atoms with Crippen LogP contribution in [0.3, 0.4) is 0 Å². The monoisotopic (exact) mass is 380 g/mol. The molecule has 0 aromatic heterocycles. The zero-order valence-electron chi connectivity index (χ0n) is 16.2. The number of carbonyl (C=O) groups excluding carboxylic acids is 2. The number of ketones is 1. The van der Waals surface area contributed by atoms with Crippen LogP contribution in [0, 0.1) is 5.92 Å². The Morgan fingerprint density at radius 1 is 1.22 bits per heavy atom. The van der Waals surface area contributed by atoms with Gasteiger partial charge in [-0.3, -0.25) is 10.1 Å². The number of fused-ring (bicyclic) bond motifs is 1. The van der Waals surface area contributed by atoms with E-state index in [0.29, 0.717) is 19.3 Å². The fourth-order valence-electron chi connectivity index (χ4n) is 3.31. The van der Waals surface area contributed by atoms with Crippen molar-refractivity contribution in [2.24, 2.45) is 5.92 Å². The summed E-state index contributed by atoms with van der Waals surface area (Å²) in [5.74, 6) is -4.33. The van der Waals surface area contributed by atoms with E-state index >= 15 is 0 Å². The Bertz CT molecular complexity index is 703. The molecule has 0 saturated carbocycles. The van der Waals surface area contributed by atoms with Crippen LogP contribution in [0.1, 0.15) is 53.4 Å². The van der Waals surface area contributed by atoms with Crippen molar-refractivity contribution in [2.75, 3.05) is 0 Å². The minimum Gasteiger partial charge on any atom is -0.417 e. The van der Waals surface area contributed by atoms with E-state index in [0.717, 1.165) is 0 Å². The number of hydrogen-bond donors (Lipinski definition) is 3. The molecule has 7 heteroatoms. The zero-order chi connectivity index (χ0) is 20.5. The van der Waals surface area contributed by atoms with Crippen LogP contribution in [-0.4, -0.2) is 44.2 Å². The second-order valence-corrected chi connectivity index (χ2v) is 7.93. The summed E-state index contributed by atoms with van der Waals surface area (Å²) in [6, 6.07) is 0. The third-order valence-electron chi connectivity index (χ3n) is 5.23. The van der Waals surface area contributed by atoms with Gasteiger partial charge in [0, 0.05) is 17.1 Å². The lowest BCUT2D eigenvalue weighted by Gasteiger charge is -2.28. The Morgan fingerprint density at radius 3 is 2.52 bits per heavy atom. The summed E-state index contributed by atoms with van der Waals surface area (Å²) >= 11 is 0.